The van der Waals surface area contributed by atoms with Crippen LogP contribution in [0.1, 0.15) is 50.8 Å². The minimum Gasteiger partial charge on any atom is -0.372 e. The van der Waals surface area contributed by atoms with Crippen molar-refractivity contribution in [2.75, 3.05) is 17.7 Å². The van der Waals surface area contributed by atoms with Gasteiger partial charge in [-0.2, -0.15) is 9.97 Å². The smallest absolute Gasteiger partial charge is 0.226 e. The van der Waals surface area contributed by atoms with Crippen LogP contribution in [0.25, 0.3) is 11.0 Å². The van der Waals surface area contributed by atoms with Crippen LogP contribution in [0.15, 0.2) is 6.07 Å². The third-order valence-corrected chi connectivity index (χ3v) is 3.96. The fourth-order valence-corrected chi connectivity index (χ4v) is 2.73. The first-order valence-electron chi connectivity index (χ1n) is 8.19. The van der Waals surface area contributed by atoms with Crippen LogP contribution in [-0.2, 0) is 0 Å². The molecule has 0 aliphatic heterocycles. The molecule has 0 saturated heterocycles. The molecular weight excluding hydrogens is 274 g/mol. The number of fused-ring (bicyclic) bond motifs is 1. The molecule has 120 valence electrons. The molecule has 0 aliphatic carbocycles. The summed E-state index contributed by atoms with van der Waals surface area (Å²) in [5.41, 5.74) is 2.89. The van der Waals surface area contributed by atoms with Crippen molar-refractivity contribution < 1.29 is 0 Å². The third kappa shape index (κ3) is 3.64. The minimum absolute atomic E-state index is 0.410. The number of unbranched alkanes of at least 4 members (excludes halogenated alkanes) is 1. The summed E-state index contributed by atoms with van der Waals surface area (Å²) in [7, 11) is 1.89. The second-order valence-corrected chi connectivity index (χ2v) is 5.82. The Labute approximate surface area is 133 Å². The van der Waals surface area contributed by atoms with Gasteiger partial charge in [0.15, 0.2) is 5.65 Å². The van der Waals surface area contributed by atoms with E-state index in [0.29, 0.717) is 12.0 Å². The lowest BCUT2D eigenvalue weighted by Crippen LogP contribution is -2.20. The van der Waals surface area contributed by atoms with Crippen LogP contribution in [0.3, 0.4) is 0 Å². The quantitative estimate of drug-likeness (QED) is 0.807. The van der Waals surface area contributed by atoms with E-state index in [0.717, 1.165) is 41.0 Å². The summed E-state index contributed by atoms with van der Waals surface area (Å²) in [5.74, 6) is 1.50. The highest BCUT2D eigenvalue weighted by atomic mass is 15.2. The summed E-state index contributed by atoms with van der Waals surface area (Å²) in [6.07, 6.45) is 4.63. The van der Waals surface area contributed by atoms with Gasteiger partial charge in [-0.3, -0.25) is 0 Å². The number of hydrogen-bond acceptors (Lipinski definition) is 5. The summed E-state index contributed by atoms with van der Waals surface area (Å²) in [6, 6.07) is 2.48. The predicted octanol–water partition coefficient (Wildman–Crippen LogP) is 4.06. The van der Waals surface area contributed by atoms with Gasteiger partial charge in [0.25, 0.3) is 0 Å². The highest BCUT2D eigenvalue weighted by Crippen LogP contribution is 2.25. The van der Waals surface area contributed by atoms with Crippen LogP contribution in [0.4, 0.5) is 11.8 Å². The fraction of sp³-hybridized carbons (Fsp3) is 0.588. The maximum atomic E-state index is 4.63. The van der Waals surface area contributed by atoms with Crippen molar-refractivity contribution in [3.05, 3.63) is 17.3 Å². The zero-order valence-corrected chi connectivity index (χ0v) is 14.3. The molecule has 0 aliphatic rings. The number of rotatable bonds is 7. The number of aromatic nitrogens is 3. The first kappa shape index (κ1) is 16.5. The predicted molar refractivity (Wildman–Crippen MR) is 93.6 cm³/mol. The average molecular weight is 301 g/mol. The summed E-state index contributed by atoms with van der Waals surface area (Å²) in [6.45, 7) is 8.48. The average Bonchev–Trinajstić information content (AvgIpc) is 2.49. The summed E-state index contributed by atoms with van der Waals surface area (Å²) < 4.78 is 0. The maximum Gasteiger partial charge on any atom is 0.226 e. The third-order valence-electron chi connectivity index (χ3n) is 3.96. The minimum atomic E-state index is 0.410. The maximum absolute atomic E-state index is 4.63. The van der Waals surface area contributed by atoms with Crippen LogP contribution in [0, 0.1) is 13.8 Å². The molecule has 0 aromatic carbocycles. The molecule has 0 fully saturated rings. The van der Waals surface area contributed by atoms with Gasteiger partial charge in [-0.25, -0.2) is 4.98 Å². The van der Waals surface area contributed by atoms with E-state index in [1.54, 1.807) is 0 Å². The van der Waals surface area contributed by atoms with E-state index >= 15 is 0 Å². The normalized spacial score (nSPS) is 12.4. The molecule has 2 aromatic heterocycles. The van der Waals surface area contributed by atoms with Crippen molar-refractivity contribution in [1.29, 1.82) is 0 Å². The van der Waals surface area contributed by atoms with E-state index in [1.165, 1.54) is 12.8 Å². The zero-order chi connectivity index (χ0) is 16.1. The molecule has 0 bridgehead atoms. The van der Waals surface area contributed by atoms with E-state index in [-0.39, 0.29) is 0 Å². The first-order chi connectivity index (χ1) is 10.6. The number of hydrogen-bond donors (Lipinski definition) is 2. The van der Waals surface area contributed by atoms with Crippen molar-refractivity contribution in [2.24, 2.45) is 0 Å². The molecule has 2 N–H and O–H groups in total. The molecule has 0 radical (unpaired) electrons. The molecule has 1 atom stereocenters. The van der Waals surface area contributed by atoms with Crippen molar-refractivity contribution in [2.45, 2.75) is 59.4 Å². The van der Waals surface area contributed by atoms with E-state index in [2.05, 4.69) is 52.4 Å². The van der Waals surface area contributed by atoms with Gasteiger partial charge < -0.3 is 10.6 Å². The van der Waals surface area contributed by atoms with Gasteiger partial charge in [-0.1, -0.05) is 26.7 Å². The standard InChI is InChI=1S/C17H27N5/c1-6-8-9-13(7-2)20-17-21-15(18-5)14-11(3)10-12(4)19-16(14)22-17/h10,13H,6-9H2,1-5H3,(H2,18,19,20,21,22). The molecule has 5 heteroatoms. The van der Waals surface area contributed by atoms with Gasteiger partial charge in [0.2, 0.25) is 5.95 Å². The van der Waals surface area contributed by atoms with Crippen LogP contribution in [-0.4, -0.2) is 28.0 Å². The van der Waals surface area contributed by atoms with Crippen LogP contribution in [0.2, 0.25) is 0 Å². The van der Waals surface area contributed by atoms with Gasteiger partial charge in [-0.15, -0.1) is 0 Å². The highest BCUT2D eigenvalue weighted by Gasteiger charge is 2.13. The molecule has 0 spiro atoms. The molecule has 0 amide bonds. The zero-order valence-electron chi connectivity index (χ0n) is 14.3. The summed E-state index contributed by atoms with van der Waals surface area (Å²) in [5, 5.41) is 7.64. The lowest BCUT2D eigenvalue weighted by atomic mass is 10.1. The van der Waals surface area contributed by atoms with Crippen molar-refractivity contribution in [1.82, 2.24) is 15.0 Å². The molecule has 2 aromatic rings. The Kier molecular flexibility index (Phi) is 5.52. The lowest BCUT2D eigenvalue weighted by molar-refractivity contribution is 0.590. The van der Waals surface area contributed by atoms with E-state index in [9.17, 15) is 0 Å². The second kappa shape index (κ2) is 7.38. The lowest BCUT2D eigenvalue weighted by Gasteiger charge is -2.18. The van der Waals surface area contributed by atoms with Gasteiger partial charge in [0, 0.05) is 18.8 Å². The van der Waals surface area contributed by atoms with Crippen LogP contribution >= 0.6 is 0 Å². The van der Waals surface area contributed by atoms with E-state index in [4.69, 9.17) is 0 Å². The van der Waals surface area contributed by atoms with Gasteiger partial charge in [0.05, 0.1) is 5.39 Å². The first-order valence-corrected chi connectivity index (χ1v) is 8.19. The van der Waals surface area contributed by atoms with E-state index in [1.807, 2.05) is 14.0 Å². The van der Waals surface area contributed by atoms with Crippen molar-refractivity contribution in [3.8, 4) is 0 Å². The van der Waals surface area contributed by atoms with Crippen LogP contribution in [0.5, 0.6) is 0 Å². The van der Waals surface area contributed by atoms with Gasteiger partial charge in [0.1, 0.15) is 5.82 Å². The Morgan fingerprint density at radius 1 is 1.14 bits per heavy atom. The molecule has 1 unspecified atom stereocenters. The molecule has 0 saturated carbocycles. The van der Waals surface area contributed by atoms with Gasteiger partial charge >= 0.3 is 0 Å². The number of aryl methyl sites for hydroxylation is 2. The van der Waals surface area contributed by atoms with Gasteiger partial charge in [-0.05, 0) is 38.3 Å². The molecule has 22 heavy (non-hydrogen) atoms. The summed E-state index contributed by atoms with van der Waals surface area (Å²) in [4.78, 5) is 13.8. The van der Waals surface area contributed by atoms with Crippen molar-refractivity contribution in [3.63, 3.8) is 0 Å². The molecule has 2 rings (SSSR count). The fourth-order valence-electron chi connectivity index (χ4n) is 2.73. The topological polar surface area (TPSA) is 62.7 Å². The van der Waals surface area contributed by atoms with E-state index < -0.39 is 0 Å². The SMILES string of the molecule is CCCCC(CC)Nc1nc(NC)c2c(C)cc(C)nc2n1. The highest BCUT2D eigenvalue weighted by molar-refractivity contribution is 5.90. The Morgan fingerprint density at radius 2 is 1.91 bits per heavy atom. The molecule has 5 nitrogen and oxygen atoms in total. The number of anilines is 2. The summed E-state index contributed by atoms with van der Waals surface area (Å²) >= 11 is 0. The molecular formula is C17H27N5. The Hall–Kier alpha value is -1.91. The number of nitrogens with one attached hydrogen (secondary N) is 2. The monoisotopic (exact) mass is 301 g/mol. The van der Waals surface area contributed by atoms with Crippen molar-refractivity contribution >= 4 is 22.8 Å². The second-order valence-electron chi connectivity index (χ2n) is 5.82. The largest absolute Gasteiger partial charge is 0.372 e. The Bertz CT molecular complexity index is 638. The van der Waals surface area contributed by atoms with Crippen LogP contribution < -0.4 is 10.6 Å². The Balaban J connectivity index is 2.38. The number of nitrogens with zero attached hydrogens (tertiary/aromatic N) is 3. The Morgan fingerprint density at radius 3 is 2.55 bits per heavy atom. The number of pyridine rings is 1. The molecule has 2 heterocycles.